The molecule has 0 fully saturated rings. The van der Waals surface area contributed by atoms with Gasteiger partial charge in [-0.15, -0.1) is 0 Å². The Bertz CT molecular complexity index is 968. The molecule has 0 radical (unpaired) electrons. The number of hydrogen-bond donors (Lipinski definition) is 1. The van der Waals surface area contributed by atoms with Gasteiger partial charge in [0, 0.05) is 6.20 Å². The zero-order valence-electron chi connectivity index (χ0n) is 13.2. The first-order chi connectivity index (χ1) is 11.7. The van der Waals surface area contributed by atoms with Gasteiger partial charge in [0.2, 0.25) is 0 Å². The third-order valence-electron chi connectivity index (χ3n) is 3.94. The molecule has 3 aromatic rings. The van der Waals surface area contributed by atoms with Gasteiger partial charge < -0.3 is 5.73 Å². The van der Waals surface area contributed by atoms with E-state index in [1.807, 2.05) is 54.6 Å². The first-order valence-electron chi connectivity index (χ1n) is 7.71. The van der Waals surface area contributed by atoms with Crippen LogP contribution in [0.25, 0.3) is 29.4 Å². The molecule has 0 spiro atoms. The van der Waals surface area contributed by atoms with Crippen LogP contribution in [0.1, 0.15) is 5.56 Å². The molecule has 24 heavy (non-hydrogen) atoms. The number of hydrogen-bond acceptors (Lipinski definition) is 1. The molecular formula is C22H18FN. The third-order valence-corrected chi connectivity index (χ3v) is 3.94. The molecule has 0 saturated heterocycles. The molecule has 118 valence electrons. The van der Waals surface area contributed by atoms with Crippen LogP contribution in [0.3, 0.4) is 0 Å². The predicted molar refractivity (Wildman–Crippen MR) is 99.7 cm³/mol. The topological polar surface area (TPSA) is 26.0 Å². The first-order valence-corrected chi connectivity index (χ1v) is 7.71. The molecule has 2 heteroatoms. The molecule has 0 bridgehead atoms. The van der Waals surface area contributed by atoms with E-state index in [9.17, 15) is 4.39 Å². The van der Waals surface area contributed by atoms with Gasteiger partial charge in [-0.1, -0.05) is 67.2 Å². The molecule has 3 aromatic carbocycles. The van der Waals surface area contributed by atoms with Crippen LogP contribution < -0.4 is 16.2 Å². The van der Waals surface area contributed by atoms with E-state index in [0.29, 0.717) is 0 Å². The van der Waals surface area contributed by atoms with Gasteiger partial charge in [-0.05, 0) is 50.9 Å². The average molecular weight is 315 g/mol. The van der Waals surface area contributed by atoms with Gasteiger partial charge in [-0.2, -0.15) is 0 Å². The predicted octanol–water partition coefficient (Wildman–Crippen LogP) is 3.68. The molecule has 0 atom stereocenters. The van der Waals surface area contributed by atoms with Crippen molar-refractivity contribution in [1.29, 1.82) is 0 Å². The fraction of sp³-hybridized carbons (Fsp3) is 0. The van der Waals surface area contributed by atoms with Crippen LogP contribution in [0.15, 0.2) is 79.0 Å². The molecule has 3 rings (SSSR count). The molecule has 1 nitrogen and oxygen atoms in total. The van der Waals surface area contributed by atoms with Crippen LogP contribution >= 0.6 is 0 Å². The van der Waals surface area contributed by atoms with Gasteiger partial charge in [-0.3, -0.25) is 0 Å². The molecule has 0 saturated carbocycles. The van der Waals surface area contributed by atoms with Crippen molar-refractivity contribution in [3.05, 3.63) is 101 Å². The van der Waals surface area contributed by atoms with Crippen molar-refractivity contribution in [2.24, 2.45) is 5.73 Å². The van der Waals surface area contributed by atoms with E-state index < -0.39 is 0 Å². The Hall–Kier alpha value is -3.13. The zero-order valence-corrected chi connectivity index (χ0v) is 13.2. The Labute approximate surface area is 140 Å². The summed E-state index contributed by atoms with van der Waals surface area (Å²) in [7, 11) is 0. The highest BCUT2D eigenvalue weighted by Gasteiger charge is 2.01. The van der Waals surface area contributed by atoms with Crippen LogP contribution in [0.4, 0.5) is 4.39 Å². The molecular weight excluding hydrogens is 297 g/mol. The Kier molecular flexibility index (Phi) is 4.57. The molecule has 0 amide bonds. The maximum absolute atomic E-state index is 13.0. The fourth-order valence-electron chi connectivity index (χ4n) is 2.57. The second-order valence-corrected chi connectivity index (χ2v) is 5.55. The van der Waals surface area contributed by atoms with Gasteiger partial charge in [0.25, 0.3) is 0 Å². The molecule has 2 N–H and O–H groups in total. The summed E-state index contributed by atoms with van der Waals surface area (Å²) in [5.74, 6) is -0.231. The van der Waals surface area contributed by atoms with E-state index in [-0.39, 0.29) is 5.82 Å². The summed E-state index contributed by atoms with van der Waals surface area (Å²) >= 11 is 0. The van der Waals surface area contributed by atoms with Crippen LogP contribution in [0.2, 0.25) is 0 Å². The third kappa shape index (κ3) is 3.44. The monoisotopic (exact) mass is 315 g/mol. The number of benzene rings is 3. The van der Waals surface area contributed by atoms with Crippen molar-refractivity contribution in [3.8, 4) is 11.1 Å². The molecule has 0 aliphatic carbocycles. The molecule has 0 aliphatic rings. The zero-order chi connectivity index (χ0) is 16.9. The van der Waals surface area contributed by atoms with Crippen molar-refractivity contribution >= 4 is 18.2 Å². The van der Waals surface area contributed by atoms with E-state index >= 15 is 0 Å². The lowest BCUT2D eigenvalue weighted by Gasteiger charge is -2.06. The van der Waals surface area contributed by atoms with E-state index in [0.717, 1.165) is 32.7 Å². The lowest BCUT2D eigenvalue weighted by molar-refractivity contribution is 0.628. The summed E-state index contributed by atoms with van der Waals surface area (Å²) < 4.78 is 13.0. The smallest absolute Gasteiger partial charge is 0.123 e. The van der Waals surface area contributed by atoms with Crippen molar-refractivity contribution in [1.82, 2.24) is 0 Å². The maximum Gasteiger partial charge on any atom is 0.123 e. The largest absolute Gasteiger partial charge is 0.404 e. The molecule has 0 heterocycles. The van der Waals surface area contributed by atoms with Crippen LogP contribution in [-0.2, 0) is 0 Å². The summed E-state index contributed by atoms with van der Waals surface area (Å²) in [6, 6.07) is 22.4. The molecule has 0 aliphatic heterocycles. The number of rotatable bonds is 3. The molecule has 0 unspecified atom stereocenters. The summed E-state index contributed by atoms with van der Waals surface area (Å²) in [6.45, 7) is 4.03. The minimum absolute atomic E-state index is 0.231. The van der Waals surface area contributed by atoms with Crippen molar-refractivity contribution in [2.45, 2.75) is 0 Å². The number of allylic oxidation sites excluding steroid dienone is 1. The highest BCUT2D eigenvalue weighted by atomic mass is 19.1. The van der Waals surface area contributed by atoms with Gasteiger partial charge in [0.1, 0.15) is 5.82 Å². The highest BCUT2D eigenvalue weighted by molar-refractivity contribution is 5.88. The van der Waals surface area contributed by atoms with E-state index in [1.165, 1.54) is 12.1 Å². The Morgan fingerprint density at radius 2 is 1.42 bits per heavy atom. The highest BCUT2D eigenvalue weighted by Crippen LogP contribution is 2.23. The van der Waals surface area contributed by atoms with E-state index in [2.05, 4.69) is 6.58 Å². The van der Waals surface area contributed by atoms with Crippen LogP contribution in [0, 0.1) is 5.82 Å². The second kappa shape index (κ2) is 6.97. The van der Waals surface area contributed by atoms with Crippen molar-refractivity contribution < 1.29 is 4.39 Å². The second-order valence-electron chi connectivity index (χ2n) is 5.55. The van der Waals surface area contributed by atoms with Gasteiger partial charge in [-0.25, -0.2) is 4.39 Å². The number of nitrogens with two attached hydrogens (primary N) is 1. The summed E-state index contributed by atoms with van der Waals surface area (Å²) in [5, 5.41) is 2.00. The average Bonchev–Trinajstić information content (AvgIpc) is 2.62. The van der Waals surface area contributed by atoms with E-state index in [1.54, 1.807) is 18.3 Å². The van der Waals surface area contributed by atoms with Crippen LogP contribution in [0.5, 0.6) is 0 Å². The summed E-state index contributed by atoms with van der Waals surface area (Å²) in [6.07, 6.45) is 3.62. The minimum Gasteiger partial charge on any atom is -0.404 e. The minimum atomic E-state index is -0.231. The van der Waals surface area contributed by atoms with Crippen LogP contribution in [-0.4, -0.2) is 0 Å². The van der Waals surface area contributed by atoms with Crippen molar-refractivity contribution in [2.75, 3.05) is 0 Å². The van der Waals surface area contributed by atoms with Gasteiger partial charge in [0.15, 0.2) is 0 Å². The summed E-state index contributed by atoms with van der Waals surface area (Å²) in [5.41, 5.74) is 9.78. The Morgan fingerprint density at radius 3 is 2.00 bits per heavy atom. The standard InChI is InChI=1S/C22H18FN/c1-16-4-2-3-5-20(16)14-21(15-24)19-8-6-17(7-9-19)18-10-12-22(23)13-11-18/h2-15H,1,24H2/b20-14-,21-15+. The lowest BCUT2D eigenvalue weighted by atomic mass is 10.00. The summed E-state index contributed by atoms with van der Waals surface area (Å²) in [4.78, 5) is 0. The lowest BCUT2D eigenvalue weighted by Crippen LogP contribution is -2.21. The maximum atomic E-state index is 13.0. The van der Waals surface area contributed by atoms with Crippen molar-refractivity contribution in [3.63, 3.8) is 0 Å². The van der Waals surface area contributed by atoms with Gasteiger partial charge >= 0.3 is 0 Å². The quantitative estimate of drug-likeness (QED) is 0.784. The number of halogens is 1. The fourth-order valence-corrected chi connectivity index (χ4v) is 2.57. The normalized spacial score (nSPS) is 12.4. The Morgan fingerprint density at radius 1 is 0.833 bits per heavy atom. The molecule has 0 aromatic heterocycles. The van der Waals surface area contributed by atoms with E-state index in [4.69, 9.17) is 5.73 Å². The SMILES string of the molecule is C=c1cccc/c1=C/C(=C\N)c1ccc(-c2ccc(F)cc2)cc1. The first kappa shape index (κ1) is 15.8. The Balaban J connectivity index is 1.95. The van der Waals surface area contributed by atoms with Gasteiger partial charge in [0.05, 0.1) is 0 Å².